The number of benzene rings is 1. The van der Waals surface area contributed by atoms with Gasteiger partial charge in [-0.2, -0.15) is 0 Å². The van der Waals surface area contributed by atoms with Crippen LogP contribution in [0.1, 0.15) is 30.1 Å². The summed E-state index contributed by atoms with van der Waals surface area (Å²) in [5, 5.41) is 3.50. The largest absolute Gasteiger partial charge is 0.372 e. The van der Waals surface area contributed by atoms with Gasteiger partial charge in [-0.25, -0.2) is 0 Å². The molecule has 1 atom stereocenters. The van der Waals surface area contributed by atoms with Crippen molar-refractivity contribution in [3.63, 3.8) is 0 Å². The molecule has 17 heavy (non-hydrogen) atoms. The molecule has 0 radical (unpaired) electrons. The lowest BCUT2D eigenvalue weighted by Gasteiger charge is -2.26. The van der Waals surface area contributed by atoms with E-state index in [9.17, 15) is 0 Å². The van der Waals surface area contributed by atoms with Crippen molar-refractivity contribution in [2.75, 3.05) is 24.1 Å². The average molecular weight is 345 g/mol. The predicted octanol–water partition coefficient (Wildman–Crippen LogP) is 3.11. The van der Waals surface area contributed by atoms with E-state index < -0.39 is 0 Å². The summed E-state index contributed by atoms with van der Waals surface area (Å²) >= 11 is 2.43. The molecule has 0 saturated heterocycles. The van der Waals surface area contributed by atoms with Crippen molar-refractivity contribution in [3.05, 3.63) is 35.4 Å². The second-order valence-electron chi connectivity index (χ2n) is 4.41. The van der Waals surface area contributed by atoms with E-state index in [4.69, 9.17) is 4.74 Å². The summed E-state index contributed by atoms with van der Waals surface area (Å²) in [6.07, 6.45) is 3.87. The molecule has 1 aliphatic rings. The summed E-state index contributed by atoms with van der Waals surface area (Å²) in [4.78, 5) is 0. The zero-order valence-corrected chi connectivity index (χ0v) is 12.3. The monoisotopic (exact) mass is 345 g/mol. The van der Waals surface area contributed by atoms with Crippen LogP contribution in [0, 0.1) is 0 Å². The van der Waals surface area contributed by atoms with Crippen LogP contribution in [0.4, 0.5) is 0 Å². The highest BCUT2D eigenvalue weighted by atomic mass is 127. The molecule has 2 nitrogen and oxygen atoms in total. The molecule has 1 aromatic carbocycles. The highest BCUT2D eigenvalue weighted by molar-refractivity contribution is 14.1. The molecule has 0 fully saturated rings. The number of rotatable bonds is 6. The Morgan fingerprint density at radius 1 is 1.29 bits per heavy atom. The molecule has 2 rings (SSSR count). The predicted molar refractivity (Wildman–Crippen MR) is 79.8 cm³/mol. The standard InChI is InChI=1S/C14H20INO/c15-8-3-4-9-16-11-14-13-6-2-1-5-12(13)7-10-17-14/h1-2,5-6,14,16H,3-4,7-11H2. The molecule has 1 heterocycles. The summed E-state index contributed by atoms with van der Waals surface area (Å²) in [6, 6.07) is 8.65. The van der Waals surface area contributed by atoms with Gasteiger partial charge in [0, 0.05) is 6.54 Å². The normalized spacial score (nSPS) is 19.0. The number of hydrogen-bond acceptors (Lipinski definition) is 2. The molecule has 94 valence electrons. The number of alkyl halides is 1. The fourth-order valence-electron chi connectivity index (χ4n) is 2.22. The molecule has 0 aromatic heterocycles. The zero-order chi connectivity index (χ0) is 11.9. The Bertz CT molecular complexity index is 343. The number of halogens is 1. The Balaban J connectivity index is 1.82. The lowest BCUT2D eigenvalue weighted by molar-refractivity contribution is 0.0426. The van der Waals surface area contributed by atoms with Gasteiger partial charge in [-0.3, -0.25) is 0 Å². The minimum atomic E-state index is 0.250. The molecule has 1 N–H and O–H groups in total. The number of ether oxygens (including phenoxy) is 1. The first-order valence-corrected chi connectivity index (χ1v) is 7.90. The van der Waals surface area contributed by atoms with Gasteiger partial charge in [-0.05, 0) is 41.4 Å². The minimum Gasteiger partial charge on any atom is -0.372 e. The second-order valence-corrected chi connectivity index (χ2v) is 5.49. The number of nitrogens with one attached hydrogen (secondary N) is 1. The fraction of sp³-hybridized carbons (Fsp3) is 0.571. The molecule has 1 aromatic rings. The van der Waals surface area contributed by atoms with E-state index in [0.717, 1.165) is 26.1 Å². The third-order valence-electron chi connectivity index (χ3n) is 3.16. The van der Waals surface area contributed by atoms with Gasteiger partial charge in [0.1, 0.15) is 0 Å². The number of unbranched alkanes of at least 4 members (excludes halogenated alkanes) is 1. The van der Waals surface area contributed by atoms with Crippen LogP contribution in [0.2, 0.25) is 0 Å². The van der Waals surface area contributed by atoms with Gasteiger partial charge in [-0.1, -0.05) is 46.9 Å². The Labute approximate surface area is 117 Å². The highest BCUT2D eigenvalue weighted by Crippen LogP contribution is 2.26. The van der Waals surface area contributed by atoms with E-state index in [1.165, 1.54) is 28.4 Å². The first kappa shape index (κ1) is 13.3. The molecule has 0 aliphatic carbocycles. The van der Waals surface area contributed by atoms with Crippen LogP contribution in [-0.2, 0) is 11.2 Å². The first-order chi connectivity index (χ1) is 8.42. The Morgan fingerprint density at radius 3 is 3.06 bits per heavy atom. The van der Waals surface area contributed by atoms with E-state index in [1.54, 1.807) is 0 Å². The molecule has 1 aliphatic heterocycles. The maximum absolute atomic E-state index is 5.85. The fourth-order valence-corrected chi connectivity index (χ4v) is 2.76. The maximum Gasteiger partial charge on any atom is 0.0952 e. The van der Waals surface area contributed by atoms with E-state index in [1.807, 2.05) is 0 Å². The second kappa shape index (κ2) is 7.34. The Hall–Kier alpha value is -0.130. The Kier molecular flexibility index (Phi) is 5.74. The van der Waals surface area contributed by atoms with Crippen molar-refractivity contribution in [1.82, 2.24) is 5.32 Å². The summed E-state index contributed by atoms with van der Waals surface area (Å²) in [6.45, 7) is 2.90. The number of hydrogen-bond donors (Lipinski definition) is 1. The van der Waals surface area contributed by atoms with Gasteiger partial charge in [0.2, 0.25) is 0 Å². The summed E-state index contributed by atoms with van der Waals surface area (Å²) < 4.78 is 7.10. The van der Waals surface area contributed by atoms with E-state index in [0.29, 0.717) is 0 Å². The van der Waals surface area contributed by atoms with Crippen molar-refractivity contribution in [2.24, 2.45) is 0 Å². The van der Waals surface area contributed by atoms with Gasteiger partial charge in [-0.15, -0.1) is 0 Å². The quantitative estimate of drug-likeness (QED) is 0.486. The van der Waals surface area contributed by atoms with Crippen molar-refractivity contribution in [3.8, 4) is 0 Å². The first-order valence-electron chi connectivity index (χ1n) is 6.38. The molecular formula is C14H20INO. The average Bonchev–Trinajstić information content (AvgIpc) is 2.39. The molecule has 0 spiro atoms. The topological polar surface area (TPSA) is 21.3 Å². The van der Waals surface area contributed by atoms with E-state index in [-0.39, 0.29) is 6.10 Å². The molecule has 3 heteroatoms. The van der Waals surface area contributed by atoms with Gasteiger partial charge < -0.3 is 10.1 Å². The van der Waals surface area contributed by atoms with Gasteiger partial charge in [0.25, 0.3) is 0 Å². The van der Waals surface area contributed by atoms with Crippen molar-refractivity contribution >= 4 is 22.6 Å². The highest BCUT2D eigenvalue weighted by Gasteiger charge is 2.19. The van der Waals surface area contributed by atoms with E-state index >= 15 is 0 Å². The zero-order valence-electron chi connectivity index (χ0n) is 10.1. The third-order valence-corrected chi connectivity index (χ3v) is 3.92. The third kappa shape index (κ3) is 3.93. The summed E-state index contributed by atoms with van der Waals surface area (Å²) in [5.41, 5.74) is 2.83. The minimum absolute atomic E-state index is 0.250. The molecule has 0 saturated carbocycles. The smallest absolute Gasteiger partial charge is 0.0952 e. The van der Waals surface area contributed by atoms with Crippen LogP contribution < -0.4 is 5.32 Å². The molecule has 0 amide bonds. The Morgan fingerprint density at radius 2 is 2.18 bits per heavy atom. The lowest BCUT2D eigenvalue weighted by atomic mass is 9.97. The SMILES string of the molecule is ICCCCNCC1OCCc2ccccc21. The van der Waals surface area contributed by atoms with Gasteiger partial charge >= 0.3 is 0 Å². The summed E-state index contributed by atoms with van der Waals surface area (Å²) in [5.74, 6) is 0. The van der Waals surface area contributed by atoms with Crippen molar-refractivity contribution in [2.45, 2.75) is 25.4 Å². The summed E-state index contributed by atoms with van der Waals surface area (Å²) in [7, 11) is 0. The van der Waals surface area contributed by atoms with Crippen molar-refractivity contribution < 1.29 is 4.74 Å². The maximum atomic E-state index is 5.85. The van der Waals surface area contributed by atoms with Crippen LogP contribution in [0.3, 0.4) is 0 Å². The van der Waals surface area contributed by atoms with Gasteiger partial charge in [0.05, 0.1) is 12.7 Å². The lowest BCUT2D eigenvalue weighted by Crippen LogP contribution is -2.28. The molecular weight excluding hydrogens is 325 g/mol. The van der Waals surface area contributed by atoms with E-state index in [2.05, 4.69) is 52.2 Å². The van der Waals surface area contributed by atoms with Crippen LogP contribution in [0.25, 0.3) is 0 Å². The van der Waals surface area contributed by atoms with Crippen LogP contribution in [-0.4, -0.2) is 24.1 Å². The van der Waals surface area contributed by atoms with Crippen LogP contribution in [0.5, 0.6) is 0 Å². The number of fused-ring (bicyclic) bond motifs is 1. The van der Waals surface area contributed by atoms with Crippen molar-refractivity contribution in [1.29, 1.82) is 0 Å². The van der Waals surface area contributed by atoms with Crippen LogP contribution in [0.15, 0.2) is 24.3 Å². The molecule has 1 unspecified atom stereocenters. The van der Waals surface area contributed by atoms with Gasteiger partial charge in [0.15, 0.2) is 0 Å². The van der Waals surface area contributed by atoms with Crippen LogP contribution >= 0.6 is 22.6 Å². The molecule has 0 bridgehead atoms.